The first kappa shape index (κ1) is 15.3. The van der Waals surface area contributed by atoms with E-state index in [1.165, 1.54) is 4.90 Å². The Balaban J connectivity index is 2.05. The molecule has 0 bridgehead atoms. The van der Waals surface area contributed by atoms with Crippen LogP contribution in [0.5, 0.6) is 0 Å². The third kappa shape index (κ3) is 2.72. The van der Waals surface area contributed by atoms with Gasteiger partial charge in [0.1, 0.15) is 17.1 Å². The Labute approximate surface area is 134 Å². The van der Waals surface area contributed by atoms with Crippen LogP contribution in [0.25, 0.3) is 21.9 Å². The molecule has 3 rings (SSSR count). The number of aryl methyl sites for hydroxylation is 1. The van der Waals surface area contributed by atoms with E-state index in [0.717, 1.165) is 21.9 Å². The minimum atomic E-state index is -0.541. The van der Waals surface area contributed by atoms with Crippen LogP contribution < -0.4 is 4.90 Å². The molecule has 3 aromatic heterocycles. The van der Waals surface area contributed by atoms with E-state index >= 15 is 0 Å². The molecule has 0 aromatic carbocycles. The molecule has 0 saturated heterocycles. The van der Waals surface area contributed by atoms with E-state index in [9.17, 15) is 4.79 Å². The van der Waals surface area contributed by atoms with Crippen molar-refractivity contribution in [3.63, 3.8) is 0 Å². The highest BCUT2D eigenvalue weighted by molar-refractivity contribution is 6.06. The fourth-order valence-electron chi connectivity index (χ4n) is 2.52. The van der Waals surface area contributed by atoms with Gasteiger partial charge < -0.3 is 9.30 Å². The molecule has 120 valence electrons. The van der Waals surface area contributed by atoms with E-state index < -0.39 is 11.7 Å². The summed E-state index contributed by atoms with van der Waals surface area (Å²) in [6, 6.07) is 5.73. The first-order valence-corrected chi connectivity index (χ1v) is 7.44. The van der Waals surface area contributed by atoms with Crippen molar-refractivity contribution in [3.8, 4) is 0 Å². The number of hydrogen-bond donors (Lipinski definition) is 0. The molecule has 1 amide bonds. The van der Waals surface area contributed by atoms with Gasteiger partial charge in [0.15, 0.2) is 0 Å². The van der Waals surface area contributed by atoms with Crippen molar-refractivity contribution in [1.29, 1.82) is 0 Å². The standard InChI is InChI=1S/C17H20N4O2/c1-17(2,3)23-16(22)21(5)14-7-6-11-12-10-18-9-8-13(12)20(4)15(11)19-14/h6-10H,1-5H3. The van der Waals surface area contributed by atoms with Gasteiger partial charge >= 0.3 is 6.09 Å². The number of nitrogens with zero attached hydrogens (tertiary/aromatic N) is 4. The molecule has 3 aromatic rings. The van der Waals surface area contributed by atoms with Crippen LogP contribution in [0.15, 0.2) is 30.6 Å². The Morgan fingerprint density at radius 2 is 1.96 bits per heavy atom. The van der Waals surface area contributed by atoms with Crippen molar-refractivity contribution in [3.05, 3.63) is 30.6 Å². The molecule has 0 saturated carbocycles. The molecule has 0 radical (unpaired) electrons. The molecule has 0 N–H and O–H groups in total. The summed E-state index contributed by atoms with van der Waals surface area (Å²) in [7, 11) is 3.61. The van der Waals surface area contributed by atoms with Crippen molar-refractivity contribution in [2.75, 3.05) is 11.9 Å². The van der Waals surface area contributed by atoms with E-state index in [1.807, 2.05) is 56.8 Å². The highest BCUT2D eigenvalue weighted by Gasteiger charge is 2.22. The molecule has 0 spiro atoms. The normalized spacial score (nSPS) is 11.9. The average molecular weight is 312 g/mol. The number of rotatable bonds is 1. The lowest BCUT2D eigenvalue weighted by atomic mass is 10.2. The van der Waals surface area contributed by atoms with Crippen molar-refractivity contribution in [1.82, 2.24) is 14.5 Å². The zero-order valence-corrected chi connectivity index (χ0v) is 14.0. The molecule has 0 fully saturated rings. The van der Waals surface area contributed by atoms with Gasteiger partial charge in [-0.1, -0.05) is 0 Å². The van der Waals surface area contributed by atoms with Gasteiger partial charge in [0.25, 0.3) is 0 Å². The maximum absolute atomic E-state index is 12.2. The van der Waals surface area contributed by atoms with E-state index in [0.29, 0.717) is 5.82 Å². The summed E-state index contributed by atoms with van der Waals surface area (Å²) in [5.74, 6) is 0.547. The summed E-state index contributed by atoms with van der Waals surface area (Å²) in [4.78, 5) is 22.4. The zero-order chi connectivity index (χ0) is 16.8. The highest BCUT2D eigenvalue weighted by atomic mass is 16.6. The second-order valence-electron chi connectivity index (χ2n) is 6.53. The second-order valence-corrected chi connectivity index (χ2v) is 6.53. The second kappa shape index (κ2) is 5.22. The maximum atomic E-state index is 12.2. The van der Waals surface area contributed by atoms with Gasteiger partial charge in [-0.05, 0) is 39.0 Å². The number of hydrogen-bond acceptors (Lipinski definition) is 4. The molecule has 23 heavy (non-hydrogen) atoms. The average Bonchev–Trinajstić information content (AvgIpc) is 2.78. The monoisotopic (exact) mass is 312 g/mol. The van der Waals surface area contributed by atoms with Crippen LogP contribution >= 0.6 is 0 Å². The van der Waals surface area contributed by atoms with Crippen LogP contribution in [0.1, 0.15) is 20.8 Å². The summed E-state index contributed by atoms with van der Waals surface area (Å²) in [6.07, 6.45) is 3.16. The molecule has 3 heterocycles. The first-order valence-electron chi connectivity index (χ1n) is 7.44. The van der Waals surface area contributed by atoms with Gasteiger partial charge in [-0.25, -0.2) is 9.78 Å². The minimum Gasteiger partial charge on any atom is -0.443 e. The molecule has 0 aliphatic carbocycles. The number of fused-ring (bicyclic) bond motifs is 3. The maximum Gasteiger partial charge on any atom is 0.415 e. The molecular weight excluding hydrogens is 292 g/mol. The lowest BCUT2D eigenvalue weighted by molar-refractivity contribution is 0.0588. The van der Waals surface area contributed by atoms with Crippen molar-refractivity contribution < 1.29 is 9.53 Å². The van der Waals surface area contributed by atoms with Crippen LogP contribution in [-0.2, 0) is 11.8 Å². The number of aromatic nitrogens is 3. The summed E-state index contributed by atoms with van der Waals surface area (Å²) in [6.45, 7) is 5.52. The molecule has 0 unspecified atom stereocenters. The third-order valence-electron chi connectivity index (χ3n) is 3.64. The predicted octanol–water partition coefficient (Wildman–Crippen LogP) is 3.49. The number of carbonyl (C=O) groups is 1. The zero-order valence-electron chi connectivity index (χ0n) is 14.0. The summed E-state index contributed by atoms with van der Waals surface area (Å²) in [5, 5.41) is 2.06. The van der Waals surface area contributed by atoms with Gasteiger partial charge in [-0.15, -0.1) is 0 Å². The van der Waals surface area contributed by atoms with E-state index in [1.54, 1.807) is 13.2 Å². The third-order valence-corrected chi connectivity index (χ3v) is 3.64. The summed E-state index contributed by atoms with van der Waals surface area (Å²) >= 11 is 0. The smallest absolute Gasteiger partial charge is 0.415 e. The van der Waals surface area contributed by atoms with Crippen LogP contribution in [0.2, 0.25) is 0 Å². The molecule has 0 aliphatic rings. The largest absolute Gasteiger partial charge is 0.443 e. The minimum absolute atomic E-state index is 0.426. The fourth-order valence-corrected chi connectivity index (χ4v) is 2.52. The quantitative estimate of drug-likeness (QED) is 0.690. The van der Waals surface area contributed by atoms with E-state index in [4.69, 9.17) is 4.74 Å². The number of carbonyl (C=O) groups excluding carboxylic acids is 1. The lowest BCUT2D eigenvalue weighted by Crippen LogP contribution is -2.34. The topological polar surface area (TPSA) is 60.3 Å². The van der Waals surface area contributed by atoms with Crippen LogP contribution in [0.3, 0.4) is 0 Å². The van der Waals surface area contributed by atoms with Crippen LogP contribution in [0.4, 0.5) is 10.6 Å². The highest BCUT2D eigenvalue weighted by Crippen LogP contribution is 2.28. The Morgan fingerprint density at radius 1 is 1.22 bits per heavy atom. The SMILES string of the molecule is CN(C(=O)OC(C)(C)C)c1ccc2c3cnccc3n(C)c2n1. The predicted molar refractivity (Wildman–Crippen MR) is 90.7 cm³/mol. The van der Waals surface area contributed by atoms with Crippen LogP contribution in [0, 0.1) is 0 Å². The Hall–Kier alpha value is -2.63. The van der Waals surface area contributed by atoms with Gasteiger partial charge in [0.05, 0.1) is 5.52 Å². The number of amides is 1. The Bertz CT molecular complexity index is 893. The Morgan fingerprint density at radius 3 is 2.65 bits per heavy atom. The molecule has 6 heteroatoms. The summed E-state index contributed by atoms with van der Waals surface area (Å²) in [5.41, 5.74) is 1.32. The van der Waals surface area contributed by atoms with E-state index in [2.05, 4.69) is 9.97 Å². The molecule has 6 nitrogen and oxygen atoms in total. The van der Waals surface area contributed by atoms with Gasteiger partial charge in [0, 0.05) is 37.3 Å². The van der Waals surface area contributed by atoms with E-state index in [-0.39, 0.29) is 0 Å². The Kier molecular flexibility index (Phi) is 3.47. The van der Waals surface area contributed by atoms with Gasteiger partial charge in [-0.2, -0.15) is 0 Å². The number of anilines is 1. The molecule has 0 atom stereocenters. The molecular formula is C17H20N4O2. The number of ether oxygens (including phenoxy) is 1. The fraction of sp³-hybridized carbons (Fsp3) is 0.353. The molecule has 0 aliphatic heterocycles. The van der Waals surface area contributed by atoms with Crippen molar-refractivity contribution in [2.24, 2.45) is 7.05 Å². The van der Waals surface area contributed by atoms with Gasteiger partial charge in [-0.3, -0.25) is 9.88 Å². The van der Waals surface area contributed by atoms with Crippen LogP contribution in [-0.4, -0.2) is 33.3 Å². The lowest BCUT2D eigenvalue weighted by Gasteiger charge is -2.24. The van der Waals surface area contributed by atoms with Crippen molar-refractivity contribution >= 4 is 33.8 Å². The summed E-state index contributed by atoms with van der Waals surface area (Å²) < 4.78 is 7.38. The van der Waals surface area contributed by atoms with Gasteiger partial charge in [0.2, 0.25) is 0 Å². The first-order chi connectivity index (χ1) is 10.8. The number of pyridine rings is 2. The van der Waals surface area contributed by atoms with Crippen molar-refractivity contribution in [2.45, 2.75) is 26.4 Å².